The van der Waals surface area contributed by atoms with Gasteiger partial charge in [-0.1, -0.05) is 24.3 Å². The maximum Gasteiger partial charge on any atom is 0.0722 e. The van der Waals surface area contributed by atoms with Gasteiger partial charge in [0.15, 0.2) is 0 Å². The van der Waals surface area contributed by atoms with E-state index < -0.39 is 5.60 Å². The van der Waals surface area contributed by atoms with Crippen LogP contribution in [0.1, 0.15) is 30.9 Å². The first-order valence-corrected chi connectivity index (χ1v) is 6.58. The number of aliphatic hydroxyl groups is 1. The fourth-order valence-corrected chi connectivity index (χ4v) is 3.48. The molecule has 0 radical (unpaired) electrons. The maximum atomic E-state index is 10.9. The molecule has 0 heterocycles. The second-order valence-electron chi connectivity index (χ2n) is 6.03. The molecule has 2 heteroatoms. The van der Waals surface area contributed by atoms with Crippen LogP contribution in [0, 0.1) is 11.3 Å². The average Bonchev–Trinajstić information content (AvgIpc) is 3.09. The number of hydrogen-bond donors (Lipinski definition) is 2. The standard InChI is InChI=1S/C15H21NO/c1-14(17,13-6-7-13)15(10-16)8-11-4-2-3-5-12(11)9-15/h2-5,13,17H,6-10,16H2,1H3. The molecule has 2 aliphatic rings. The summed E-state index contributed by atoms with van der Waals surface area (Å²) in [4.78, 5) is 0. The second-order valence-corrected chi connectivity index (χ2v) is 6.03. The number of nitrogens with two attached hydrogens (primary N) is 1. The molecule has 1 atom stereocenters. The minimum absolute atomic E-state index is 0.141. The van der Waals surface area contributed by atoms with Gasteiger partial charge in [-0.15, -0.1) is 0 Å². The Hall–Kier alpha value is -0.860. The Balaban J connectivity index is 1.97. The zero-order valence-corrected chi connectivity index (χ0v) is 10.4. The highest BCUT2D eigenvalue weighted by Gasteiger charge is 2.56. The summed E-state index contributed by atoms with van der Waals surface area (Å²) < 4.78 is 0. The largest absolute Gasteiger partial charge is 0.389 e. The number of benzene rings is 1. The normalized spacial score (nSPS) is 25.4. The third-order valence-corrected chi connectivity index (χ3v) is 5.01. The molecule has 17 heavy (non-hydrogen) atoms. The van der Waals surface area contributed by atoms with E-state index in [1.807, 2.05) is 6.92 Å². The van der Waals surface area contributed by atoms with Crippen LogP contribution in [0.4, 0.5) is 0 Å². The lowest BCUT2D eigenvalue weighted by Gasteiger charge is -2.42. The predicted molar refractivity (Wildman–Crippen MR) is 68.7 cm³/mol. The summed E-state index contributed by atoms with van der Waals surface area (Å²) in [5.74, 6) is 0.459. The lowest BCUT2D eigenvalue weighted by Crippen LogP contribution is -2.53. The predicted octanol–water partition coefficient (Wildman–Crippen LogP) is 1.89. The molecule has 0 amide bonds. The van der Waals surface area contributed by atoms with Crippen LogP contribution >= 0.6 is 0 Å². The number of rotatable bonds is 3. The topological polar surface area (TPSA) is 46.2 Å². The van der Waals surface area contributed by atoms with Gasteiger partial charge in [0, 0.05) is 12.0 Å². The summed E-state index contributed by atoms with van der Waals surface area (Å²) in [7, 11) is 0. The van der Waals surface area contributed by atoms with Gasteiger partial charge in [-0.2, -0.15) is 0 Å². The van der Waals surface area contributed by atoms with Crippen LogP contribution in [0.15, 0.2) is 24.3 Å². The van der Waals surface area contributed by atoms with E-state index in [0.717, 1.165) is 25.7 Å². The Morgan fingerprint density at radius 1 is 1.29 bits per heavy atom. The molecule has 0 bridgehead atoms. The van der Waals surface area contributed by atoms with Gasteiger partial charge in [-0.3, -0.25) is 0 Å². The Morgan fingerprint density at radius 3 is 2.24 bits per heavy atom. The molecular weight excluding hydrogens is 210 g/mol. The molecule has 1 fully saturated rings. The summed E-state index contributed by atoms with van der Waals surface area (Å²) in [5.41, 5.74) is 8.04. The van der Waals surface area contributed by atoms with Crippen molar-refractivity contribution in [1.29, 1.82) is 0 Å². The quantitative estimate of drug-likeness (QED) is 0.834. The van der Waals surface area contributed by atoms with Crippen molar-refractivity contribution in [2.24, 2.45) is 17.1 Å². The first kappa shape index (κ1) is 11.2. The molecule has 1 aromatic carbocycles. The molecule has 0 aliphatic heterocycles. The van der Waals surface area contributed by atoms with Crippen molar-refractivity contribution in [3.05, 3.63) is 35.4 Å². The van der Waals surface area contributed by atoms with Crippen LogP contribution in [0.3, 0.4) is 0 Å². The highest BCUT2D eigenvalue weighted by molar-refractivity contribution is 5.36. The molecule has 3 N–H and O–H groups in total. The molecule has 0 spiro atoms. The smallest absolute Gasteiger partial charge is 0.0722 e. The average molecular weight is 231 g/mol. The fourth-order valence-electron chi connectivity index (χ4n) is 3.48. The summed E-state index contributed by atoms with van der Waals surface area (Å²) >= 11 is 0. The lowest BCUT2D eigenvalue weighted by atomic mass is 9.68. The molecule has 3 rings (SSSR count). The summed E-state index contributed by atoms with van der Waals surface area (Å²) in [6.45, 7) is 2.58. The van der Waals surface area contributed by atoms with Gasteiger partial charge in [0.05, 0.1) is 5.60 Å². The van der Waals surface area contributed by atoms with E-state index in [9.17, 15) is 5.11 Å². The van der Waals surface area contributed by atoms with Crippen molar-refractivity contribution in [3.63, 3.8) is 0 Å². The SMILES string of the molecule is CC(O)(C1CC1)C1(CN)Cc2ccccc2C1. The highest BCUT2D eigenvalue weighted by atomic mass is 16.3. The van der Waals surface area contributed by atoms with Crippen molar-refractivity contribution >= 4 is 0 Å². The minimum Gasteiger partial charge on any atom is -0.389 e. The third kappa shape index (κ3) is 1.54. The molecule has 92 valence electrons. The van der Waals surface area contributed by atoms with Gasteiger partial charge in [0.1, 0.15) is 0 Å². The van der Waals surface area contributed by atoms with Gasteiger partial charge >= 0.3 is 0 Å². The summed E-state index contributed by atoms with van der Waals surface area (Å²) in [6, 6.07) is 8.51. The minimum atomic E-state index is -0.610. The van der Waals surface area contributed by atoms with Gasteiger partial charge in [0.25, 0.3) is 0 Å². The second kappa shape index (κ2) is 3.56. The van der Waals surface area contributed by atoms with E-state index in [4.69, 9.17) is 5.73 Å². The highest BCUT2D eigenvalue weighted by Crippen LogP contribution is 2.53. The van der Waals surface area contributed by atoms with Crippen molar-refractivity contribution in [2.45, 2.75) is 38.2 Å². The van der Waals surface area contributed by atoms with E-state index >= 15 is 0 Å². The van der Waals surface area contributed by atoms with E-state index in [1.165, 1.54) is 11.1 Å². The van der Waals surface area contributed by atoms with Crippen LogP contribution in [0.2, 0.25) is 0 Å². The van der Waals surface area contributed by atoms with Gasteiger partial charge in [-0.05, 0) is 49.7 Å². The van der Waals surface area contributed by atoms with E-state index in [0.29, 0.717) is 12.5 Å². The van der Waals surface area contributed by atoms with Crippen molar-refractivity contribution in [3.8, 4) is 0 Å². The summed E-state index contributed by atoms with van der Waals surface area (Å²) in [5, 5.41) is 10.9. The molecule has 1 aromatic rings. The number of hydrogen-bond acceptors (Lipinski definition) is 2. The first-order valence-electron chi connectivity index (χ1n) is 6.58. The lowest BCUT2D eigenvalue weighted by molar-refractivity contribution is -0.0791. The first-order chi connectivity index (χ1) is 8.09. The maximum absolute atomic E-state index is 10.9. The van der Waals surface area contributed by atoms with Crippen molar-refractivity contribution in [1.82, 2.24) is 0 Å². The summed E-state index contributed by atoms with van der Waals surface area (Å²) in [6.07, 6.45) is 4.18. The molecule has 0 saturated heterocycles. The zero-order chi connectivity index (χ0) is 12.1. The molecule has 2 aliphatic carbocycles. The Labute approximate surface area is 103 Å². The van der Waals surface area contributed by atoms with Crippen molar-refractivity contribution < 1.29 is 5.11 Å². The molecule has 2 nitrogen and oxygen atoms in total. The zero-order valence-electron chi connectivity index (χ0n) is 10.4. The molecule has 0 aromatic heterocycles. The molecule has 1 saturated carbocycles. The van der Waals surface area contributed by atoms with E-state index in [-0.39, 0.29) is 5.41 Å². The van der Waals surface area contributed by atoms with Crippen LogP contribution in [0.5, 0.6) is 0 Å². The Kier molecular flexibility index (Phi) is 2.36. The van der Waals surface area contributed by atoms with Gasteiger partial charge < -0.3 is 10.8 Å². The van der Waals surface area contributed by atoms with Crippen LogP contribution in [-0.4, -0.2) is 17.3 Å². The third-order valence-electron chi connectivity index (χ3n) is 5.01. The molecular formula is C15H21NO. The molecule has 1 unspecified atom stereocenters. The Bertz CT molecular complexity index is 409. The van der Waals surface area contributed by atoms with E-state index in [1.54, 1.807) is 0 Å². The van der Waals surface area contributed by atoms with Gasteiger partial charge in [0.2, 0.25) is 0 Å². The van der Waals surface area contributed by atoms with E-state index in [2.05, 4.69) is 24.3 Å². The van der Waals surface area contributed by atoms with Crippen LogP contribution in [-0.2, 0) is 12.8 Å². The monoisotopic (exact) mass is 231 g/mol. The van der Waals surface area contributed by atoms with Crippen molar-refractivity contribution in [2.75, 3.05) is 6.54 Å². The fraction of sp³-hybridized carbons (Fsp3) is 0.600. The number of fused-ring (bicyclic) bond motifs is 1. The van der Waals surface area contributed by atoms with Crippen LogP contribution in [0.25, 0.3) is 0 Å². The van der Waals surface area contributed by atoms with Crippen LogP contribution < -0.4 is 5.73 Å². The Morgan fingerprint density at radius 2 is 1.82 bits per heavy atom. The van der Waals surface area contributed by atoms with Gasteiger partial charge in [-0.25, -0.2) is 0 Å².